The number of aromatic nitrogens is 2. The summed E-state index contributed by atoms with van der Waals surface area (Å²) in [4.78, 5) is 6.99. The van der Waals surface area contributed by atoms with Crippen molar-refractivity contribution in [3.05, 3.63) is 48.0 Å². The van der Waals surface area contributed by atoms with Crippen LogP contribution in [0.2, 0.25) is 0 Å². The third kappa shape index (κ3) is 2.97. The number of methoxy groups -OCH3 is 1. The van der Waals surface area contributed by atoms with Crippen molar-refractivity contribution in [1.29, 1.82) is 0 Å². The first kappa shape index (κ1) is 15.7. The fourth-order valence-electron chi connectivity index (χ4n) is 3.38. The minimum absolute atomic E-state index is 0.525. The average molecular weight is 335 g/mol. The third-order valence-electron chi connectivity index (χ3n) is 4.66. The van der Waals surface area contributed by atoms with Crippen molar-refractivity contribution in [1.82, 2.24) is 10.1 Å². The van der Waals surface area contributed by atoms with Crippen molar-refractivity contribution in [2.75, 3.05) is 25.1 Å². The predicted molar refractivity (Wildman–Crippen MR) is 97.9 cm³/mol. The van der Waals surface area contributed by atoms with Gasteiger partial charge in [-0.1, -0.05) is 17.3 Å². The van der Waals surface area contributed by atoms with Gasteiger partial charge in [-0.2, -0.15) is 4.98 Å². The molecule has 1 fully saturated rings. The highest BCUT2D eigenvalue weighted by atomic mass is 16.5. The van der Waals surface area contributed by atoms with Crippen LogP contribution in [0.5, 0.6) is 5.75 Å². The number of rotatable bonds is 4. The molecule has 2 aromatic carbocycles. The molecule has 0 aliphatic carbocycles. The lowest BCUT2D eigenvalue weighted by Gasteiger charge is -2.20. The maximum absolute atomic E-state index is 5.49. The zero-order valence-corrected chi connectivity index (χ0v) is 14.5. The van der Waals surface area contributed by atoms with Gasteiger partial charge < -0.3 is 14.2 Å². The Bertz CT molecular complexity index is 882. The van der Waals surface area contributed by atoms with E-state index in [1.807, 2.05) is 24.3 Å². The molecule has 1 aliphatic heterocycles. The van der Waals surface area contributed by atoms with E-state index in [0.29, 0.717) is 11.7 Å². The monoisotopic (exact) mass is 335 g/mol. The van der Waals surface area contributed by atoms with Gasteiger partial charge in [-0.25, -0.2) is 0 Å². The summed E-state index contributed by atoms with van der Waals surface area (Å²) in [5.74, 6) is 1.79. The second-order valence-electron chi connectivity index (χ2n) is 6.32. The summed E-state index contributed by atoms with van der Waals surface area (Å²) < 4.78 is 10.9. The highest BCUT2D eigenvalue weighted by Crippen LogP contribution is 2.31. The lowest BCUT2D eigenvalue weighted by Crippen LogP contribution is -2.18. The summed E-state index contributed by atoms with van der Waals surface area (Å²) in [5.41, 5.74) is 4.29. The molecule has 0 bridgehead atoms. The molecular formula is C20H21N3O2. The first-order valence-electron chi connectivity index (χ1n) is 8.59. The summed E-state index contributed by atoms with van der Waals surface area (Å²) in [6.45, 7) is 4.41. The van der Waals surface area contributed by atoms with Crippen molar-refractivity contribution in [3.8, 4) is 28.6 Å². The normalized spacial score (nSPS) is 14.1. The molecule has 0 amide bonds. The van der Waals surface area contributed by atoms with Gasteiger partial charge >= 0.3 is 0 Å². The second kappa shape index (κ2) is 6.59. The van der Waals surface area contributed by atoms with Crippen LogP contribution in [0.3, 0.4) is 0 Å². The number of ether oxygens (including phenoxy) is 1. The van der Waals surface area contributed by atoms with Gasteiger partial charge in [0.05, 0.1) is 12.7 Å². The van der Waals surface area contributed by atoms with Gasteiger partial charge in [-0.05, 0) is 55.7 Å². The highest BCUT2D eigenvalue weighted by Gasteiger charge is 2.17. The number of nitrogens with zero attached hydrogens (tertiary/aromatic N) is 3. The van der Waals surface area contributed by atoms with Crippen LogP contribution in [0.4, 0.5) is 5.69 Å². The molecule has 0 N–H and O–H groups in total. The van der Waals surface area contributed by atoms with Crippen LogP contribution in [0.15, 0.2) is 47.0 Å². The lowest BCUT2D eigenvalue weighted by molar-refractivity contribution is 0.413. The molecule has 5 nitrogen and oxygen atoms in total. The van der Waals surface area contributed by atoms with Gasteiger partial charge in [-0.3, -0.25) is 0 Å². The minimum atomic E-state index is 0.525. The van der Waals surface area contributed by atoms with Crippen molar-refractivity contribution >= 4 is 5.69 Å². The zero-order chi connectivity index (χ0) is 17.2. The van der Waals surface area contributed by atoms with E-state index in [0.717, 1.165) is 30.0 Å². The number of anilines is 1. The summed E-state index contributed by atoms with van der Waals surface area (Å²) in [5, 5.41) is 4.12. The molecule has 0 atom stereocenters. The maximum Gasteiger partial charge on any atom is 0.258 e. The van der Waals surface area contributed by atoms with Gasteiger partial charge in [-0.15, -0.1) is 0 Å². The highest BCUT2D eigenvalue weighted by molar-refractivity contribution is 5.68. The fourth-order valence-corrected chi connectivity index (χ4v) is 3.38. The Hall–Kier alpha value is -2.82. The molecule has 1 aromatic heterocycles. The maximum atomic E-state index is 5.49. The van der Waals surface area contributed by atoms with Crippen LogP contribution in [0.25, 0.3) is 22.8 Å². The standard InChI is InChI=1S/C20H21N3O2/c1-14-13-15(9-10-17(14)23-11-5-6-12-23)20-21-19(22-25-20)16-7-3-4-8-18(16)24-2/h3-4,7-10,13H,5-6,11-12H2,1-2H3. The largest absolute Gasteiger partial charge is 0.496 e. The molecule has 1 saturated heterocycles. The van der Waals surface area contributed by atoms with Gasteiger partial charge in [0.15, 0.2) is 0 Å². The Kier molecular flexibility index (Phi) is 4.14. The van der Waals surface area contributed by atoms with Crippen LogP contribution >= 0.6 is 0 Å². The molecule has 4 rings (SSSR count). The van der Waals surface area contributed by atoms with Crippen LogP contribution in [-0.4, -0.2) is 30.3 Å². The first-order valence-corrected chi connectivity index (χ1v) is 8.59. The van der Waals surface area contributed by atoms with Crippen LogP contribution in [0.1, 0.15) is 18.4 Å². The number of para-hydroxylation sites is 1. The van der Waals surface area contributed by atoms with Crippen LogP contribution in [-0.2, 0) is 0 Å². The number of aryl methyl sites for hydroxylation is 1. The summed E-state index contributed by atoms with van der Waals surface area (Å²) in [7, 11) is 1.64. The second-order valence-corrected chi connectivity index (χ2v) is 6.32. The van der Waals surface area contributed by atoms with E-state index in [-0.39, 0.29) is 0 Å². The lowest BCUT2D eigenvalue weighted by atomic mass is 10.1. The third-order valence-corrected chi connectivity index (χ3v) is 4.66. The van der Waals surface area contributed by atoms with Crippen molar-refractivity contribution in [2.24, 2.45) is 0 Å². The van der Waals surface area contributed by atoms with E-state index in [4.69, 9.17) is 9.26 Å². The Labute approximate surface area is 147 Å². The smallest absolute Gasteiger partial charge is 0.258 e. The topological polar surface area (TPSA) is 51.4 Å². The number of benzene rings is 2. The van der Waals surface area contributed by atoms with E-state index in [2.05, 4.69) is 40.2 Å². The number of hydrogen-bond donors (Lipinski definition) is 0. The molecule has 2 heterocycles. The summed E-state index contributed by atoms with van der Waals surface area (Å²) in [6, 6.07) is 14.0. The average Bonchev–Trinajstić information content (AvgIpc) is 3.33. The first-order chi connectivity index (χ1) is 12.3. The molecule has 0 radical (unpaired) electrons. The van der Waals surface area contributed by atoms with Gasteiger partial charge in [0.25, 0.3) is 5.89 Å². The van der Waals surface area contributed by atoms with Crippen LogP contribution < -0.4 is 9.64 Å². The van der Waals surface area contributed by atoms with Crippen molar-refractivity contribution < 1.29 is 9.26 Å². The SMILES string of the molecule is COc1ccccc1-c1noc(-c2ccc(N3CCCC3)c(C)c2)n1. The molecule has 3 aromatic rings. The van der Waals surface area contributed by atoms with Crippen LogP contribution in [0, 0.1) is 6.92 Å². The van der Waals surface area contributed by atoms with Gasteiger partial charge in [0.2, 0.25) is 5.82 Å². The van der Waals surface area contributed by atoms with Gasteiger partial charge in [0.1, 0.15) is 5.75 Å². The molecule has 128 valence electrons. The molecule has 5 heteroatoms. The Balaban J connectivity index is 1.65. The van der Waals surface area contributed by atoms with Crippen molar-refractivity contribution in [2.45, 2.75) is 19.8 Å². The Morgan fingerprint density at radius 3 is 2.64 bits per heavy atom. The Morgan fingerprint density at radius 2 is 1.88 bits per heavy atom. The van der Waals surface area contributed by atoms with Gasteiger partial charge in [0, 0.05) is 24.3 Å². The molecule has 0 spiro atoms. The van der Waals surface area contributed by atoms with E-state index in [9.17, 15) is 0 Å². The van der Waals surface area contributed by atoms with E-state index < -0.39 is 0 Å². The summed E-state index contributed by atoms with van der Waals surface area (Å²) in [6.07, 6.45) is 2.54. The molecule has 1 aliphatic rings. The molecule has 25 heavy (non-hydrogen) atoms. The minimum Gasteiger partial charge on any atom is -0.496 e. The Morgan fingerprint density at radius 1 is 1.08 bits per heavy atom. The quantitative estimate of drug-likeness (QED) is 0.710. The number of hydrogen-bond acceptors (Lipinski definition) is 5. The predicted octanol–water partition coefficient (Wildman–Crippen LogP) is 4.32. The van der Waals surface area contributed by atoms with E-state index in [1.165, 1.54) is 24.1 Å². The molecule has 0 unspecified atom stereocenters. The van der Waals surface area contributed by atoms with E-state index >= 15 is 0 Å². The van der Waals surface area contributed by atoms with E-state index in [1.54, 1.807) is 7.11 Å². The molecular weight excluding hydrogens is 314 g/mol. The van der Waals surface area contributed by atoms with Crippen molar-refractivity contribution in [3.63, 3.8) is 0 Å². The summed E-state index contributed by atoms with van der Waals surface area (Å²) >= 11 is 0. The molecule has 0 saturated carbocycles. The zero-order valence-electron chi connectivity index (χ0n) is 14.5. The fraction of sp³-hybridized carbons (Fsp3) is 0.300.